The van der Waals surface area contributed by atoms with Gasteiger partial charge in [-0.15, -0.1) is 0 Å². The fourth-order valence-electron chi connectivity index (χ4n) is 2.55. The summed E-state index contributed by atoms with van der Waals surface area (Å²) in [4.78, 5) is 22.5. The number of hydrogen-bond acceptors (Lipinski definition) is 3. The normalized spacial score (nSPS) is 22.8. The predicted octanol–water partition coefficient (Wildman–Crippen LogP) is 3.42. The van der Waals surface area contributed by atoms with Gasteiger partial charge in [0.15, 0.2) is 5.78 Å². The molecule has 3 heteroatoms. The second-order valence-electron chi connectivity index (χ2n) is 5.28. The lowest BCUT2D eigenvalue weighted by Crippen LogP contribution is -2.27. The maximum atomic E-state index is 11.3. The van der Waals surface area contributed by atoms with Crippen LogP contribution in [0.15, 0.2) is 24.3 Å². The molecular weight excluding hydrogens is 240 g/mol. The summed E-state index contributed by atoms with van der Waals surface area (Å²) in [5.74, 6) is 1.38. The van der Waals surface area contributed by atoms with Crippen LogP contribution in [0.5, 0.6) is 5.75 Å². The van der Waals surface area contributed by atoms with Crippen molar-refractivity contribution in [2.45, 2.75) is 45.6 Å². The van der Waals surface area contributed by atoms with Gasteiger partial charge in [0.25, 0.3) is 0 Å². The Morgan fingerprint density at radius 3 is 2.05 bits per heavy atom. The molecule has 0 saturated heterocycles. The number of carbonyl (C=O) groups excluding carboxylic acids is 2. The van der Waals surface area contributed by atoms with Gasteiger partial charge >= 0.3 is 0 Å². The third kappa shape index (κ3) is 3.66. The fraction of sp³-hybridized carbons (Fsp3) is 0.500. The van der Waals surface area contributed by atoms with Crippen LogP contribution in [-0.2, 0) is 4.79 Å². The van der Waals surface area contributed by atoms with Crippen LogP contribution in [0.1, 0.15) is 49.9 Å². The van der Waals surface area contributed by atoms with E-state index in [1.165, 1.54) is 0 Å². The molecule has 1 aliphatic rings. The molecule has 0 radical (unpaired) electrons. The summed E-state index contributed by atoms with van der Waals surface area (Å²) in [5.41, 5.74) is 0.702. The Kier molecular flexibility index (Phi) is 4.35. The molecule has 2 rings (SSSR count). The van der Waals surface area contributed by atoms with E-state index in [1.807, 2.05) is 12.1 Å². The van der Waals surface area contributed by atoms with Gasteiger partial charge in [-0.3, -0.25) is 9.59 Å². The molecule has 0 N–H and O–H groups in total. The molecule has 0 atom stereocenters. The summed E-state index contributed by atoms with van der Waals surface area (Å²) in [5, 5.41) is 0. The van der Waals surface area contributed by atoms with Crippen molar-refractivity contribution in [3.8, 4) is 5.75 Å². The minimum absolute atomic E-state index is 0.0634. The van der Waals surface area contributed by atoms with Gasteiger partial charge in [-0.2, -0.15) is 0 Å². The Labute approximate surface area is 114 Å². The zero-order valence-corrected chi connectivity index (χ0v) is 11.5. The van der Waals surface area contributed by atoms with Crippen LogP contribution in [0.3, 0.4) is 0 Å². The zero-order valence-electron chi connectivity index (χ0n) is 11.5. The summed E-state index contributed by atoms with van der Waals surface area (Å²) >= 11 is 0. The highest BCUT2D eigenvalue weighted by Gasteiger charge is 2.24. The number of carbonyl (C=O) groups is 2. The maximum absolute atomic E-state index is 11.3. The van der Waals surface area contributed by atoms with Gasteiger partial charge in [0.05, 0.1) is 6.10 Å². The van der Waals surface area contributed by atoms with Crippen molar-refractivity contribution in [1.82, 2.24) is 0 Å². The van der Waals surface area contributed by atoms with E-state index in [4.69, 9.17) is 4.74 Å². The van der Waals surface area contributed by atoms with E-state index in [9.17, 15) is 9.59 Å². The fourth-order valence-corrected chi connectivity index (χ4v) is 2.55. The Hall–Kier alpha value is -1.64. The number of hydrogen-bond donors (Lipinski definition) is 0. The molecule has 1 aliphatic carbocycles. The average Bonchev–Trinajstić information content (AvgIpc) is 2.40. The lowest BCUT2D eigenvalue weighted by atomic mass is 9.85. The summed E-state index contributed by atoms with van der Waals surface area (Å²) in [6.07, 6.45) is 3.90. The third-order valence-corrected chi connectivity index (χ3v) is 3.81. The number of ether oxygens (including phenoxy) is 1. The van der Waals surface area contributed by atoms with Crippen molar-refractivity contribution < 1.29 is 14.3 Å². The highest BCUT2D eigenvalue weighted by atomic mass is 16.5. The Bertz CT molecular complexity index is 453. The first-order chi connectivity index (χ1) is 9.06. The van der Waals surface area contributed by atoms with Crippen LogP contribution in [0, 0.1) is 5.92 Å². The molecule has 1 aromatic rings. The Morgan fingerprint density at radius 2 is 1.58 bits per heavy atom. The van der Waals surface area contributed by atoms with E-state index in [1.54, 1.807) is 26.0 Å². The van der Waals surface area contributed by atoms with Crippen molar-refractivity contribution in [1.29, 1.82) is 0 Å². The average molecular weight is 260 g/mol. The van der Waals surface area contributed by atoms with Crippen molar-refractivity contribution in [2.24, 2.45) is 5.92 Å². The first-order valence-electron chi connectivity index (χ1n) is 6.84. The molecule has 0 amide bonds. The van der Waals surface area contributed by atoms with Crippen LogP contribution in [0.2, 0.25) is 0 Å². The van der Waals surface area contributed by atoms with E-state index in [0.29, 0.717) is 11.3 Å². The number of rotatable bonds is 4. The van der Waals surface area contributed by atoms with Gasteiger partial charge in [0.1, 0.15) is 11.5 Å². The molecule has 19 heavy (non-hydrogen) atoms. The van der Waals surface area contributed by atoms with E-state index in [-0.39, 0.29) is 17.8 Å². The second-order valence-corrected chi connectivity index (χ2v) is 5.28. The quantitative estimate of drug-likeness (QED) is 0.779. The molecular formula is C16H20O3. The molecule has 0 heterocycles. The molecule has 0 spiro atoms. The molecule has 102 valence electrons. The smallest absolute Gasteiger partial charge is 0.159 e. The first kappa shape index (κ1) is 13.8. The van der Waals surface area contributed by atoms with Crippen molar-refractivity contribution in [3.05, 3.63) is 29.8 Å². The second kappa shape index (κ2) is 6.00. The molecule has 1 fully saturated rings. The van der Waals surface area contributed by atoms with Crippen LogP contribution in [0.25, 0.3) is 0 Å². The lowest BCUT2D eigenvalue weighted by molar-refractivity contribution is -0.122. The van der Waals surface area contributed by atoms with Crippen molar-refractivity contribution in [2.75, 3.05) is 0 Å². The molecule has 3 nitrogen and oxygen atoms in total. The molecule has 0 bridgehead atoms. The molecule has 0 aliphatic heterocycles. The number of ketones is 2. The Balaban J connectivity index is 1.88. The van der Waals surface area contributed by atoms with Crippen LogP contribution >= 0.6 is 0 Å². The van der Waals surface area contributed by atoms with Gasteiger partial charge in [-0.05, 0) is 63.8 Å². The summed E-state index contributed by atoms with van der Waals surface area (Å²) in [7, 11) is 0. The largest absolute Gasteiger partial charge is 0.490 e. The molecule has 1 aromatic carbocycles. The minimum Gasteiger partial charge on any atom is -0.490 e. The monoisotopic (exact) mass is 260 g/mol. The van der Waals surface area contributed by atoms with Gasteiger partial charge in [-0.25, -0.2) is 0 Å². The lowest BCUT2D eigenvalue weighted by Gasteiger charge is -2.27. The van der Waals surface area contributed by atoms with Crippen molar-refractivity contribution >= 4 is 11.6 Å². The first-order valence-corrected chi connectivity index (χ1v) is 6.84. The summed E-state index contributed by atoms with van der Waals surface area (Å²) in [6.45, 7) is 3.23. The van der Waals surface area contributed by atoms with Crippen LogP contribution in [-0.4, -0.2) is 17.7 Å². The van der Waals surface area contributed by atoms with Crippen LogP contribution in [0.4, 0.5) is 0 Å². The van der Waals surface area contributed by atoms with E-state index in [2.05, 4.69) is 0 Å². The van der Waals surface area contributed by atoms with Gasteiger partial charge in [0.2, 0.25) is 0 Å². The highest BCUT2D eigenvalue weighted by molar-refractivity contribution is 5.94. The van der Waals surface area contributed by atoms with Crippen molar-refractivity contribution in [3.63, 3.8) is 0 Å². The van der Waals surface area contributed by atoms with E-state index in [0.717, 1.165) is 31.4 Å². The van der Waals surface area contributed by atoms with Gasteiger partial charge in [-0.1, -0.05) is 0 Å². The number of benzene rings is 1. The third-order valence-electron chi connectivity index (χ3n) is 3.81. The molecule has 0 unspecified atom stereocenters. The maximum Gasteiger partial charge on any atom is 0.159 e. The summed E-state index contributed by atoms with van der Waals surface area (Å²) in [6, 6.07) is 7.26. The molecule has 0 aromatic heterocycles. The van der Waals surface area contributed by atoms with E-state index < -0.39 is 0 Å². The van der Waals surface area contributed by atoms with Gasteiger partial charge < -0.3 is 4.74 Å². The number of Topliss-reactive ketones (excluding diaryl/α,β-unsaturated/α-hetero) is 2. The standard InChI is InChI=1S/C16H20O3/c1-11(17)13-3-7-15(8-4-13)19-16-9-5-14(6-10-16)12(2)18/h3-4,7-8,14,16H,5-6,9-10H2,1-2H3/t14-,16+. The van der Waals surface area contributed by atoms with E-state index >= 15 is 0 Å². The van der Waals surface area contributed by atoms with Crippen LogP contribution < -0.4 is 4.74 Å². The Morgan fingerprint density at radius 1 is 1.00 bits per heavy atom. The summed E-state index contributed by atoms with van der Waals surface area (Å²) < 4.78 is 5.90. The zero-order chi connectivity index (χ0) is 13.8. The topological polar surface area (TPSA) is 43.4 Å². The highest BCUT2D eigenvalue weighted by Crippen LogP contribution is 2.28. The molecule has 1 saturated carbocycles. The van der Waals surface area contributed by atoms with Gasteiger partial charge in [0, 0.05) is 11.5 Å². The SMILES string of the molecule is CC(=O)c1ccc(O[C@H]2CC[C@@H](C(C)=O)CC2)cc1. The predicted molar refractivity (Wildman–Crippen MR) is 73.5 cm³/mol. The minimum atomic E-state index is 0.0634.